The van der Waals surface area contributed by atoms with Gasteiger partial charge in [-0.05, 0) is 61.5 Å². The van der Waals surface area contributed by atoms with Crippen LogP contribution in [0.25, 0.3) is 0 Å². The van der Waals surface area contributed by atoms with Gasteiger partial charge in [-0.25, -0.2) is 4.39 Å². The molecule has 0 aromatic heterocycles. The van der Waals surface area contributed by atoms with E-state index in [4.69, 9.17) is 0 Å². The fourth-order valence-corrected chi connectivity index (χ4v) is 3.79. The number of rotatable bonds is 5. The number of carbonyl (C=O) groups is 1. The lowest BCUT2D eigenvalue weighted by molar-refractivity contribution is -0.117. The summed E-state index contributed by atoms with van der Waals surface area (Å²) in [5, 5.41) is 3.08. The molecule has 1 heterocycles. The molecule has 2 aliphatic rings. The molecule has 2 atom stereocenters. The van der Waals surface area contributed by atoms with Gasteiger partial charge in [0.05, 0.1) is 0 Å². The van der Waals surface area contributed by atoms with E-state index >= 15 is 0 Å². The molecule has 2 aromatic rings. The van der Waals surface area contributed by atoms with Gasteiger partial charge in [-0.1, -0.05) is 36.4 Å². The molecule has 1 N–H and O–H groups in total. The lowest BCUT2D eigenvalue weighted by Crippen LogP contribution is -2.21. The first-order valence-corrected chi connectivity index (χ1v) is 9.08. The van der Waals surface area contributed by atoms with Crippen LogP contribution in [0.4, 0.5) is 10.1 Å². The van der Waals surface area contributed by atoms with E-state index in [0.29, 0.717) is 5.56 Å². The van der Waals surface area contributed by atoms with Gasteiger partial charge in [0.2, 0.25) is 5.91 Å². The maximum Gasteiger partial charge on any atom is 0.228 e. The number of nitrogens with zero attached hydrogens (tertiary/aromatic N) is 1. The lowest BCUT2D eigenvalue weighted by Gasteiger charge is -2.18. The number of nitrogens with one attached hydrogen (secondary N) is 1. The van der Waals surface area contributed by atoms with Gasteiger partial charge < -0.3 is 5.32 Å². The number of hydrogen-bond donors (Lipinski definition) is 1. The highest BCUT2D eigenvalue weighted by Crippen LogP contribution is 2.48. The minimum absolute atomic E-state index is 0.00197. The predicted molar refractivity (Wildman–Crippen MR) is 96.8 cm³/mol. The Kier molecular flexibility index (Phi) is 4.53. The molecule has 1 saturated carbocycles. The van der Waals surface area contributed by atoms with Crippen LogP contribution in [0.1, 0.15) is 36.3 Å². The maximum absolute atomic E-state index is 13.9. The first-order valence-electron chi connectivity index (χ1n) is 9.08. The Balaban J connectivity index is 1.43. The van der Waals surface area contributed by atoms with Crippen molar-refractivity contribution < 1.29 is 9.18 Å². The van der Waals surface area contributed by atoms with E-state index in [2.05, 4.69) is 16.3 Å². The highest BCUT2D eigenvalue weighted by Gasteiger charge is 2.45. The van der Waals surface area contributed by atoms with E-state index in [0.717, 1.165) is 37.3 Å². The van der Waals surface area contributed by atoms with Crippen molar-refractivity contribution in [3.05, 3.63) is 65.5 Å². The summed E-state index contributed by atoms with van der Waals surface area (Å²) in [6, 6.07) is 14.8. The first kappa shape index (κ1) is 16.3. The van der Waals surface area contributed by atoms with E-state index in [1.165, 1.54) is 18.9 Å². The van der Waals surface area contributed by atoms with Gasteiger partial charge in [0.25, 0.3) is 0 Å². The number of likely N-dealkylation sites (tertiary alicyclic amines) is 1. The smallest absolute Gasteiger partial charge is 0.228 e. The Labute approximate surface area is 147 Å². The molecule has 0 unspecified atom stereocenters. The van der Waals surface area contributed by atoms with E-state index < -0.39 is 0 Å². The molecule has 25 heavy (non-hydrogen) atoms. The molecule has 0 radical (unpaired) electrons. The van der Waals surface area contributed by atoms with E-state index in [1.54, 1.807) is 12.1 Å². The average molecular weight is 338 g/mol. The third-order valence-corrected chi connectivity index (χ3v) is 5.30. The molecule has 2 aromatic carbocycles. The van der Waals surface area contributed by atoms with Gasteiger partial charge in [-0.15, -0.1) is 0 Å². The molecule has 1 aliphatic carbocycles. The number of anilines is 1. The fraction of sp³-hybridized carbons (Fsp3) is 0.381. The fourth-order valence-electron chi connectivity index (χ4n) is 3.79. The second kappa shape index (κ2) is 6.96. The summed E-state index contributed by atoms with van der Waals surface area (Å²) < 4.78 is 13.9. The summed E-state index contributed by atoms with van der Waals surface area (Å²) in [6.07, 6.45) is 3.23. The number of hydrogen-bond acceptors (Lipinski definition) is 2. The van der Waals surface area contributed by atoms with Crippen LogP contribution in [0.3, 0.4) is 0 Å². The van der Waals surface area contributed by atoms with Crippen LogP contribution in [0, 0.1) is 11.7 Å². The van der Waals surface area contributed by atoms with Crippen molar-refractivity contribution in [2.75, 3.05) is 18.4 Å². The highest BCUT2D eigenvalue weighted by molar-refractivity contribution is 5.95. The highest BCUT2D eigenvalue weighted by atomic mass is 19.1. The summed E-state index contributed by atoms with van der Waals surface area (Å²) in [4.78, 5) is 15.0. The normalized spacial score (nSPS) is 22.8. The minimum Gasteiger partial charge on any atom is -0.326 e. The van der Waals surface area contributed by atoms with Crippen molar-refractivity contribution >= 4 is 11.6 Å². The summed E-state index contributed by atoms with van der Waals surface area (Å²) in [5.41, 5.74) is 2.70. The topological polar surface area (TPSA) is 32.3 Å². The van der Waals surface area contributed by atoms with Crippen LogP contribution in [-0.4, -0.2) is 23.9 Å². The Morgan fingerprint density at radius 1 is 1.08 bits per heavy atom. The second-order valence-corrected chi connectivity index (χ2v) is 7.10. The zero-order valence-electron chi connectivity index (χ0n) is 14.2. The Bertz CT molecular complexity index is 770. The molecule has 4 rings (SSSR count). The van der Waals surface area contributed by atoms with Gasteiger partial charge >= 0.3 is 0 Å². The molecule has 0 spiro atoms. The Morgan fingerprint density at radius 2 is 1.80 bits per heavy atom. The maximum atomic E-state index is 13.9. The molecule has 0 bridgehead atoms. The number of para-hydroxylation sites is 1. The van der Waals surface area contributed by atoms with Crippen LogP contribution in [-0.2, 0) is 11.3 Å². The van der Waals surface area contributed by atoms with Crippen molar-refractivity contribution in [2.45, 2.75) is 31.7 Å². The number of carbonyl (C=O) groups excluding carboxylic acids is 1. The summed E-state index contributed by atoms with van der Waals surface area (Å²) in [7, 11) is 0. The SMILES string of the molecule is O=C(Nc1ccccc1CN1CCCC1)[C@H]1C[C@H]1c1ccccc1F. The summed E-state index contributed by atoms with van der Waals surface area (Å²) >= 11 is 0. The van der Waals surface area contributed by atoms with E-state index in [-0.39, 0.29) is 23.6 Å². The standard InChI is InChI=1S/C21H23FN2O/c22-19-9-3-2-8-16(19)17-13-18(17)21(25)23-20-10-4-1-7-15(20)14-24-11-5-6-12-24/h1-4,7-10,17-18H,5-6,11-14H2,(H,23,25)/t17-,18-/m0/s1. The van der Waals surface area contributed by atoms with Crippen LogP contribution in [0.2, 0.25) is 0 Å². The van der Waals surface area contributed by atoms with E-state index in [9.17, 15) is 9.18 Å². The van der Waals surface area contributed by atoms with Crippen molar-refractivity contribution in [1.82, 2.24) is 4.90 Å². The first-order chi connectivity index (χ1) is 12.2. The predicted octanol–water partition coefficient (Wildman–Crippen LogP) is 4.16. The van der Waals surface area contributed by atoms with Crippen molar-refractivity contribution in [2.24, 2.45) is 5.92 Å². The Morgan fingerprint density at radius 3 is 2.60 bits per heavy atom. The molecular weight excluding hydrogens is 315 g/mol. The molecular formula is C21H23FN2O. The zero-order chi connectivity index (χ0) is 17.2. The van der Waals surface area contributed by atoms with Gasteiger partial charge in [0.15, 0.2) is 0 Å². The second-order valence-electron chi connectivity index (χ2n) is 7.10. The molecule has 1 amide bonds. The van der Waals surface area contributed by atoms with Gasteiger partial charge in [0.1, 0.15) is 5.82 Å². The van der Waals surface area contributed by atoms with Crippen LogP contribution in [0.5, 0.6) is 0 Å². The quantitative estimate of drug-likeness (QED) is 0.888. The molecule has 1 aliphatic heterocycles. The van der Waals surface area contributed by atoms with Crippen molar-refractivity contribution in [1.29, 1.82) is 0 Å². The summed E-state index contributed by atoms with van der Waals surface area (Å²) in [5.74, 6) is -0.331. The summed E-state index contributed by atoms with van der Waals surface area (Å²) in [6.45, 7) is 3.12. The van der Waals surface area contributed by atoms with Crippen molar-refractivity contribution in [3.8, 4) is 0 Å². The number of amides is 1. The zero-order valence-corrected chi connectivity index (χ0v) is 14.2. The van der Waals surface area contributed by atoms with Gasteiger partial charge in [0, 0.05) is 18.2 Å². The lowest BCUT2D eigenvalue weighted by atomic mass is 10.1. The number of halogens is 1. The minimum atomic E-state index is -0.211. The molecule has 130 valence electrons. The number of benzene rings is 2. The Hall–Kier alpha value is -2.20. The van der Waals surface area contributed by atoms with Crippen LogP contribution >= 0.6 is 0 Å². The average Bonchev–Trinajstić information content (AvgIpc) is 3.25. The van der Waals surface area contributed by atoms with Gasteiger partial charge in [-0.2, -0.15) is 0 Å². The molecule has 4 heteroatoms. The van der Waals surface area contributed by atoms with E-state index in [1.807, 2.05) is 24.3 Å². The third kappa shape index (κ3) is 3.59. The third-order valence-electron chi connectivity index (χ3n) is 5.30. The van der Waals surface area contributed by atoms with Crippen molar-refractivity contribution in [3.63, 3.8) is 0 Å². The van der Waals surface area contributed by atoms with Crippen LogP contribution < -0.4 is 5.32 Å². The molecule has 2 fully saturated rings. The van der Waals surface area contributed by atoms with Gasteiger partial charge in [-0.3, -0.25) is 9.69 Å². The molecule has 3 nitrogen and oxygen atoms in total. The largest absolute Gasteiger partial charge is 0.326 e. The van der Waals surface area contributed by atoms with Crippen LogP contribution in [0.15, 0.2) is 48.5 Å². The monoisotopic (exact) mass is 338 g/mol. The molecule has 1 saturated heterocycles.